The van der Waals surface area contributed by atoms with Crippen molar-refractivity contribution in [3.63, 3.8) is 0 Å². The molecule has 3 aromatic rings. The maximum Gasteiger partial charge on any atom is 0.222 e. The van der Waals surface area contributed by atoms with Gasteiger partial charge in [-0.1, -0.05) is 41.4 Å². The number of rotatable bonds is 7. The molecule has 0 amide bonds. The van der Waals surface area contributed by atoms with Crippen molar-refractivity contribution in [3.05, 3.63) is 58.2 Å². The Balaban J connectivity index is 1.52. The lowest BCUT2D eigenvalue weighted by molar-refractivity contribution is 0.246. The van der Waals surface area contributed by atoms with Crippen LogP contribution in [0.3, 0.4) is 0 Å². The molecular formula is C20H20Cl2N4O2. The Bertz CT molecular complexity index is 942. The van der Waals surface area contributed by atoms with E-state index in [2.05, 4.69) is 9.97 Å². The van der Waals surface area contributed by atoms with E-state index in [4.69, 9.17) is 44.1 Å². The van der Waals surface area contributed by atoms with Crippen LogP contribution in [0.4, 0.5) is 11.8 Å². The normalized spacial score (nSPS) is 10.7. The largest absolute Gasteiger partial charge is 0.492 e. The molecule has 0 radical (unpaired) electrons. The third kappa shape index (κ3) is 4.97. The first-order chi connectivity index (χ1) is 13.4. The summed E-state index contributed by atoms with van der Waals surface area (Å²) in [6.45, 7) is 2.61. The maximum atomic E-state index is 6.35. The fourth-order valence-electron chi connectivity index (χ4n) is 2.64. The highest BCUT2D eigenvalue weighted by atomic mass is 35.5. The van der Waals surface area contributed by atoms with Gasteiger partial charge in [-0.05, 0) is 42.3 Å². The van der Waals surface area contributed by atoms with E-state index in [9.17, 15) is 0 Å². The summed E-state index contributed by atoms with van der Waals surface area (Å²) in [7, 11) is 0. The SMILES string of the molecule is Cc1nc(N)nc(N)c1OCCCOc1ccc(-c2ccc(Cl)cc2)cc1Cl. The highest BCUT2D eigenvalue weighted by Crippen LogP contribution is 2.31. The molecule has 146 valence electrons. The monoisotopic (exact) mass is 418 g/mol. The zero-order chi connectivity index (χ0) is 20.1. The Kier molecular flexibility index (Phi) is 6.44. The van der Waals surface area contributed by atoms with Gasteiger partial charge in [-0.3, -0.25) is 0 Å². The number of halogens is 2. The predicted octanol–water partition coefficient (Wildman–Crippen LogP) is 4.77. The van der Waals surface area contributed by atoms with E-state index in [1.165, 1.54) is 0 Å². The van der Waals surface area contributed by atoms with Crippen LogP contribution < -0.4 is 20.9 Å². The molecule has 4 N–H and O–H groups in total. The van der Waals surface area contributed by atoms with E-state index in [0.29, 0.717) is 46.9 Å². The van der Waals surface area contributed by atoms with Gasteiger partial charge in [0.2, 0.25) is 5.95 Å². The highest BCUT2D eigenvalue weighted by molar-refractivity contribution is 6.32. The zero-order valence-electron chi connectivity index (χ0n) is 15.3. The molecule has 28 heavy (non-hydrogen) atoms. The van der Waals surface area contributed by atoms with Crippen LogP contribution in [0, 0.1) is 6.92 Å². The minimum atomic E-state index is 0.127. The van der Waals surface area contributed by atoms with Crippen LogP contribution in [-0.4, -0.2) is 23.2 Å². The van der Waals surface area contributed by atoms with E-state index in [0.717, 1.165) is 11.1 Å². The van der Waals surface area contributed by atoms with Crippen LogP contribution in [0.5, 0.6) is 11.5 Å². The Labute approximate surface area is 173 Å². The van der Waals surface area contributed by atoms with Crippen molar-refractivity contribution < 1.29 is 9.47 Å². The third-order valence-electron chi connectivity index (χ3n) is 3.98. The average Bonchev–Trinajstić information content (AvgIpc) is 2.65. The molecule has 0 saturated carbocycles. The number of aromatic nitrogens is 2. The third-order valence-corrected chi connectivity index (χ3v) is 4.53. The summed E-state index contributed by atoms with van der Waals surface area (Å²) in [5, 5.41) is 1.24. The van der Waals surface area contributed by atoms with Crippen molar-refractivity contribution in [1.29, 1.82) is 0 Å². The number of aryl methyl sites for hydroxylation is 1. The Morgan fingerprint density at radius 1 is 0.893 bits per heavy atom. The molecule has 0 aliphatic carbocycles. The predicted molar refractivity (Wildman–Crippen MR) is 113 cm³/mol. The van der Waals surface area contributed by atoms with Crippen LogP contribution in [0.25, 0.3) is 11.1 Å². The standard InChI is InChI=1S/C20H20Cl2N4O2/c1-12-18(19(23)26-20(24)25-12)28-10-2-9-27-17-8-5-14(11-16(17)22)13-3-6-15(21)7-4-13/h3-8,11H,2,9-10H2,1H3,(H4,23,24,25,26). The zero-order valence-corrected chi connectivity index (χ0v) is 16.8. The number of nitrogens with two attached hydrogens (primary N) is 2. The summed E-state index contributed by atoms with van der Waals surface area (Å²) < 4.78 is 11.4. The fraction of sp³-hybridized carbons (Fsp3) is 0.200. The maximum absolute atomic E-state index is 6.35. The summed E-state index contributed by atoms with van der Waals surface area (Å²) >= 11 is 12.3. The minimum Gasteiger partial charge on any atom is -0.492 e. The molecule has 0 atom stereocenters. The van der Waals surface area contributed by atoms with Gasteiger partial charge in [0.25, 0.3) is 0 Å². The summed E-state index contributed by atoms with van der Waals surface area (Å²) in [5.41, 5.74) is 14.0. The number of nitrogens with zero attached hydrogens (tertiary/aromatic N) is 2. The first kappa shape index (κ1) is 20.0. The van der Waals surface area contributed by atoms with Gasteiger partial charge in [-0.25, -0.2) is 4.98 Å². The fourth-order valence-corrected chi connectivity index (χ4v) is 3.00. The molecule has 0 unspecified atom stereocenters. The van der Waals surface area contributed by atoms with Crippen molar-refractivity contribution in [3.8, 4) is 22.6 Å². The van der Waals surface area contributed by atoms with Gasteiger partial charge in [0, 0.05) is 11.4 Å². The van der Waals surface area contributed by atoms with Crippen LogP contribution in [0.2, 0.25) is 10.0 Å². The van der Waals surface area contributed by atoms with Gasteiger partial charge < -0.3 is 20.9 Å². The quantitative estimate of drug-likeness (QED) is 0.536. The topological polar surface area (TPSA) is 96.3 Å². The van der Waals surface area contributed by atoms with Gasteiger partial charge in [-0.15, -0.1) is 0 Å². The molecular weight excluding hydrogens is 399 g/mol. The molecule has 3 rings (SSSR count). The first-order valence-electron chi connectivity index (χ1n) is 8.64. The second-order valence-electron chi connectivity index (χ2n) is 6.08. The molecule has 0 aliphatic rings. The smallest absolute Gasteiger partial charge is 0.222 e. The molecule has 2 aromatic carbocycles. The van der Waals surface area contributed by atoms with Crippen molar-refractivity contribution in [1.82, 2.24) is 9.97 Å². The van der Waals surface area contributed by atoms with E-state index in [-0.39, 0.29) is 11.8 Å². The molecule has 0 aliphatic heterocycles. The number of ether oxygens (including phenoxy) is 2. The van der Waals surface area contributed by atoms with Crippen molar-refractivity contribution in [2.24, 2.45) is 0 Å². The lowest BCUT2D eigenvalue weighted by Gasteiger charge is -2.12. The molecule has 0 saturated heterocycles. The molecule has 0 spiro atoms. The number of nitrogen functional groups attached to an aromatic ring is 2. The average molecular weight is 419 g/mol. The Morgan fingerprint density at radius 3 is 2.25 bits per heavy atom. The Hall–Kier alpha value is -2.70. The minimum absolute atomic E-state index is 0.127. The van der Waals surface area contributed by atoms with E-state index >= 15 is 0 Å². The summed E-state index contributed by atoms with van der Waals surface area (Å²) in [5.74, 6) is 1.42. The summed E-state index contributed by atoms with van der Waals surface area (Å²) in [6.07, 6.45) is 0.637. The van der Waals surface area contributed by atoms with E-state index in [1.54, 1.807) is 6.92 Å². The van der Waals surface area contributed by atoms with Crippen molar-refractivity contribution in [2.45, 2.75) is 13.3 Å². The van der Waals surface area contributed by atoms with Crippen LogP contribution >= 0.6 is 23.2 Å². The molecule has 1 aromatic heterocycles. The molecule has 0 fully saturated rings. The van der Waals surface area contributed by atoms with Crippen molar-refractivity contribution >= 4 is 35.0 Å². The van der Waals surface area contributed by atoms with Gasteiger partial charge in [0.05, 0.1) is 23.9 Å². The highest BCUT2D eigenvalue weighted by Gasteiger charge is 2.09. The second-order valence-corrected chi connectivity index (χ2v) is 6.93. The number of hydrogen-bond acceptors (Lipinski definition) is 6. The van der Waals surface area contributed by atoms with E-state index in [1.807, 2.05) is 42.5 Å². The van der Waals surface area contributed by atoms with Crippen LogP contribution in [0.15, 0.2) is 42.5 Å². The lowest BCUT2D eigenvalue weighted by Crippen LogP contribution is -2.10. The summed E-state index contributed by atoms with van der Waals surface area (Å²) in [6, 6.07) is 13.2. The number of benzene rings is 2. The van der Waals surface area contributed by atoms with Gasteiger partial charge in [0.15, 0.2) is 11.6 Å². The Morgan fingerprint density at radius 2 is 1.57 bits per heavy atom. The number of anilines is 2. The van der Waals surface area contributed by atoms with E-state index < -0.39 is 0 Å². The van der Waals surface area contributed by atoms with Gasteiger partial charge in [0.1, 0.15) is 5.75 Å². The molecule has 6 nitrogen and oxygen atoms in total. The molecule has 1 heterocycles. The molecule has 8 heteroatoms. The van der Waals surface area contributed by atoms with Crippen LogP contribution in [-0.2, 0) is 0 Å². The number of hydrogen-bond donors (Lipinski definition) is 2. The van der Waals surface area contributed by atoms with Crippen LogP contribution in [0.1, 0.15) is 12.1 Å². The first-order valence-corrected chi connectivity index (χ1v) is 9.40. The summed E-state index contributed by atoms with van der Waals surface area (Å²) in [4.78, 5) is 7.93. The van der Waals surface area contributed by atoms with Crippen molar-refractivity contribution in [2.75, 3.05) is 24.7 Å². The lowest BCUT2D eigenvalue weighted by atomic mass is 10.1. The second kappa shape index (κ2) is 8.99. The van der Waals surface area contributed by atoms with Gasteiger partial charge in [-0.2, -0.15) is 4.98 Å². The molecule has 0 bridgehead atoms. The van der Waals surface area contributed by atoms with Gasteiger partial charge >= 0.3 is 0 Å².